The maximum atomic E-state index is 6.33. The minimum atomic E-state index is -0.116. The van der Waals surface area contributed by atoms with Gasteiger partial charge in [-0.15, -0.1) is 0 Å². The summed E-state index contributed by atoms with van der Waals surface area (Å²) in [6.07, 6.45) is 3.87. The third-order valence-electron chi connectivity index (χ3n) is 3.72. The van der Waals surface area contributed by atoms with Crippen molar-refractivity contribution in [2.75, 3.05) is 7.11 Å². The largest absolute Gasteiger partial charge is 0.481 e. The van der Waals surface area contributed by atoms with Gasteiger partial charge in [0.25, 0.3) is 0 Å². The predicted molar refractivity (Wildman–Crippen MR) is 67.7 cm³/mol. The Morgan fingerprint density at radius 3 is 2.62 bits per heavy atom. The molecule has 1 aromatic heterocycles. The van der Waals surface area contributed by atoms with E-state index >= 15 is 0 Å². The second-order valence-corrected chi connectivity index (χ2v) is 5.91. The van der Waals surface area contributed by atoms with Crippen LogP contribution in [0, 0.1) is 0 Å². The van der Waals surface area contributed by atoms with Crippen molar-refractivity contribution in [3.05, 3.63) is 22.3 Å². The number of ether oxygens (including phenoxy) is 1. The summed E-state index contributed by atoms with van der Waals surface area (Å²) in [5.74, 6) is 0.671. The van der Waals surface area contributed by atoms with Crippen LogP contribution in [0.4, 0.5) is 0 Å². The van der Waals surface area contributed by atoms with Gasteiger partial charge in [0, 0.05) is 27.2 Å². The van der Waals surface area contributed by atoms with E-state index in [0.717, 1.165) is 22.9 Å². The van der Waals surface area contributed by atoms with E-state index in [1.165, 1.54) is 0 Å². The molecule has 2 rings (SSSR count). The van der Waals surface area contributed by atoms with Crippen LogP contribution in [0.1, 0.15) is 32.3 Å². The molecule has 1 saturated carbocycles. The van der Waals surface area contributed by atoms with Crippen molar-refractivity contribution < 1.29 is 4.74 Å². The fraction of sp³-hybridized carbons (Fsp3) is 0.583. The fourth-order valence-electron chi connectivity index (χ4n) is 2.07. The summed E-state index contributed by atoms with van der Waals surface area (Å²) in [7, 11) is 1.64. The number of pyridine rings is 1. The van der Waals surface area contributed by atoms with Gasteiger partial charge in [0.15, 0.2) is 0 Å². The quantitative estimate of drug-likeness (QED) is 0.928. The molecule has 0 unspecified atom stereocenters. The molecule has 1 fully saturated rings. The van der Waals surface area contributed by atoms with Crippen LogP contribution in [0.3, 0.4) is 0 Å². The third-order valence-corrected chi connectivity index (χ3v) is 4.15. The van der Waals surface area contributed by atoms with Gasteiger partial charge in [-0.05, 0) is 34.8 Å². The normalized spacial score (nSPS) is 18.3. The highest BCUT2D eigenvalue weighted by Gasteiger charge is 2.53. The highest BCUT2D eigenvalue weighted by Crippen LogP contribution is 2.51. The molecule has 1 heterocycles. The Hall–Kier alpha value is -0.610. The molecule has 0 radical (unpaired) electrons. The van der Waals surface area contributed by atoms with Crippen LogP contribution in [0.5, 0.6) is 5.88 Å². The summed E-state index contributed by atoms with van der Waals surface area (Å²) in [5.41, 5.74) is 7.18. The minimum Gasteiger partial charge on any atom is -0.481 e. The fourth-order valence-corrected chi connectivity index (χ4v) is 2.40. The Kier molecular flexibility index (Phi) is 2.75. The second-order valence-electron chi connectivity index (χ2n) is 4.99. The molecule has 16 heavy (non-hydrogen) atoms. The van der Waals surface area contributed by atoms with E-state index in [0.29, 0.717) is 5.88 Å². The van der Waals surface area contributed by atoms with Crippen LogP contribution in [0.15, 0.2) is 16.7 Å². The molecule has 0 spiro atoms. The predicted octanol–water partition coefficient (Wildman–Crippen LogP) is 2.62. The zero-order chi connectivity index (χ0) is 12.0. The van der Waals surface area contributed by atoms with Crippen molar-refractivity contribution >= 4 is 15.9 Å². The molecule has 0 amide bonds. The number of hydrogen-bond donors (Lipinski definition) is 1. The van der Waals surface area contributed by atoms with Gasteiger partial charge >= 0.3 is 0 Å². The number of aromatic nitrogens is 1. The van der Waals surface area contributed by atoms with Gasteiger partial charge in [-0.3, -0.25) is 0 Å². The van der Waals surface area contributed by atoms with E-state index in [4.69, 9.17) is 10.5 Å². The van der Waals surface area contributed by atoms with Crippen LogP contribution in [-0.2, 0) is 5.41 Å². The lowest BCUT2D eigenvalue weighted by Gasteiger charge is -2.33. The van der Waals surface area contributed by atoms with Crippen molar-refractivity contribution in [1.82, 2.24) is 4.98 Å². The molecular weight excluding hydrogens is 268 g/mol. The molecule has 4 heteroatoms. The average molecular weight is 285 g/mol. The van der Waals surface area contributed by atoms with Gasteiger partial charge in [-0.25, -0.2) is 4.98 Å². The summed E-state index contributed by atoms with van der Waals surface area (Å²) in [6, 6.07) is 2.05. The molecule has 1 aliphatic rings. The zero-order valence-corrected chi connectivity index (χ0v) is 11.5. The number of hydrogen-bond acceptors (Lipinski definition) is 3. The van der Waals surface area contributed by atoms with Crippen LogP contribution in [0.25, 0.3) is 0 Å². The van der Waals surface area contributed by atoms with Crippen molar-refractivity contribution in [2.24, 2.45) is 5.73 Å². The number of methoxy groups -OCH3 is 1. The molecule has 0 saturated heterocycles. The number of halogens is 1. The summed E-state index contributed by atoms with van der Waals surface area (Å²) >= 11 is 3.45. The highest BCUT2D eigenvalue weighted by atomic mass is 79.9. The first-order chi connectivity index (χ1) is 7.40. The lowest BCUT2D eigenvalue weighted by Crippen LogP contribution is -2.43. The van der Waals surface area contributed by atoms with Gasteiger partial charge in [-0.1, -0.05) is 13.8 Å². The van der Waals surface area contributed by atoms with E-state index in [2.05, 4.69) is 40.8 Å². The number of rotatable bonds is 3. The number of nitrogens with two attached hydrogens (primary N) is 1. The maximum absolute atomic E-state index is 6.33. The van der Waals surface area contributed by atoms with Gasteiger partial charge < -0.3 is 10.5 Å². The average Bonchev–Trinajstić information content (AvgIpc) is 2.98. The van der Waals surface area contributed by atoms with E-state index < -0.39 is 0 Å². The Bertz CT molecular complexity index is 413. The van der Waals surface area contributed by atoms with Crippen molar-refractivity contribution in [3.8, 4) is 5.88 Å². The Morgan fingerprint density at radius 2 is 2.12 bits per heavy atom. The van der Waals surface area contributed by atoms with Crippen LogP contribution >= 0.6 is 15.9 Å². The van der Waals surface area contributed by atoms with Crippen molar-refractivity contribution in [3.63, 3.8) is 0 Å². The molecule has 0 aromatic carbocycles. The van der Waals surface area contributed by atoms with Gasteiger partial charge in [0.2, 0.25) is 5.88 Å². The van der Waals surface area contributed by atoms with Crippen molar-refractivity contribution in [1.29, 1.82) is 0 Å². The Morgan fingerprint density at radius 1 is 1.50 bits per heavy atom. The molecule has 1 aliphatic carbocycles. The molecule has 0 bridgehead atoms. The molecule has 2 N–H and O–H groups in total. The van der Waals surface area contributed by atoms with E-state index in [1.807, 2.05) is 0 Å². The molecule has 88 valence electrons. The first-order valence-corrected chi connectivity index (χ1v) is 6.19. The smallest absolute Gasteiger partial charge is 0.216 e. The first-order valence-electron chi connectivity index (χ1n) is 5.39. The van der Waals surface area contributed by atoms with E-state index in [9.17, 15) is 0 Å². The summed E-state index contributed by atoms with van der Waals surface area (Å²) in [4.78, 5) is 4.28. The maximum Gasteiger partial charge on any atom is 0.216 e. The van der Waals surface area contributed by atoms with Crippen molar-refractivity contribution in [2.45, 2.75) is 37.6 Å². The monoisotopic (exact) mass is 284 g/mol. The van der Waals surface area contributed by atoms with Gasteiger partial charge in [0.05, 0.1) is 7.11 Å². The topological polar surface area (TPSA) is 48.1 Å². The highest BCUT2D eigenvalue weighted by molar-refractivity contribution is 9.10. The van der Waals surface area contributed by atoms with Crippen LogP contribution < -0.4 is 10.5 Å². The zero-order valence-electron chi connectivity index (χ0n) is 9.88. The molecular formula is C12H17BrN2O. The standard InChI is InChI=1S/C12H17BrN2O/c1-11(2,12(14)4-5-12)9-6-8(13)7-15-10(9)16-3/h6-7H,4-5,14H2,1-3H3. The Balaban J connectivity index is 2.49. The van der Waals surface area contributed by atoms with E-state index in [1.54, 1.807) is 13.3 Å². The van der Waals surface area contributed by atoms with E-state index in [-0.39, 0.29) is 11.0 Å². The molecule has 3 nitrogen and oxygen atoms in total. The lowest BCUT2D eigenvalue weighted by molar-refractivity contribution is 0.343. The van der Waals surface area contributed by atoms with Gasteiger partial charge in [0.1, 0.15) is 0 Å². The molecule has 1 aromatic rings. The summed E-state index contributed by atoms with van der Waals surface area (Å²) in [5, 5.41) is 0. The first kappa shape index (κ1) is 11.9. The second kappa shape index (κ2) is 3.70. The summed E-state index contributed by atoms with van der Waals surface area (Å²) < 4.78 is 6.28. The number of nitrogens with zero attached hydrogens (tertiary/aromatic N) is 1. The lowest BCUT2D eigenvalue weighted by atomic mass is 9.76. The van der Waals surface area contributed by atoms with Crippen LogP contribution in [-0.4, -0.2) is 17.6 Å². The molecule has 0 aliphatic heterocycles. The summed E-state index contributed by atoms with van der Waals surface area (Å²) in [6.45, 7) is 4.32. The SMILES string of the molecule is COc1ncc(Br)cc1C(C)(C)C1(N)CC1. The van der Waals surface area contributed by atoms with Crippen LogP contribution in [0.2, 0.25) is 0 Å². The Labute approximate surface area is 105 Å². The third kappa shape index (κ3) is 1.74. The minimum absolute atomic E-state index is 0.108. The van der Waals surface area contributed by atoms with Gasteiger partial charge in [-0.2, -0.15) is 0 Å². The molecule has 0 atom stereocenters.